The van der Waals surface area contributed by atoms with E-state index in [-0.39, 0.29) is 50.7 Å². The Bertz CT molecular complexity index is 1720. The van der Waals surface area contributed by atoms with Crippen molar-refractivity contribution in [2.75, 3.05) is 0 Å². The van der Waals surface area contributed by atoms with Gasteiger partial charge in [-0.2, -0.15) is 0 Å². The van der Waals surface area contributed by atoms with Crippen LogP contribution in [0.2, 0.25) is 78.6 Å². The molecule has 0 aliphatic rings. The van der Waals surface area contributed by atoms with E-state index in [0.29, 0.717) is 0 Å². The molecule has 0 aliphatic heterocycles. The van der Waals surface area contributed by atoms with Crippen molar-refractivity contribution in [2.45, 2.75) is 78.6 Å². The Morgan fingerprint density at radius 3 is 0.878 bits per heavy atom. The van der Waals surface area contributed by atoms with Crippen LogP contribution >= 0.6 is 0 Å². The van der Waals surface area contributed by atoms with E-state index in [9.17, 15) is 0 Å². The van der Waals surface area contributed by atoms with Crippen molar-refractivity contribution >= 4 is 74.6 Å². The van der Waals surface area contributed by atoms with Crippen LogP contribution < -0.4 is 45.6 Å². The third-order valence-corrected chi connectivity index (χ3v) is 17.3. The molecule has 0 atom stereocenters. The molecule has 0 heterocycles. The molecule has 6 rings (SSSR count). The molecular weight excluding hydrogens is 866 g/mol. The van der Waals surface area contributed by atoms with Crippen molar-refractivity contribution in [1.82, 2.24) is 0 Å². The summed E-state index contributed by atoms with van der Waals surface area (Å²) in [5.41, 5.74) is 5.54. The smallest absolute Gasteiger partial charge is 1.00 e. The van der Waals surface area contributed by atoms with E-state index < -0.39 is 32.3 Å². The maximum Gasteiger partial charge on any atom is 4.00 e. The summed E-state index contributed by atoms with van der Waals surface area (Å²) in [6.45, 7) is 29.4. The summed E-state index contributed by atoms with van der Waals surface area (Å²) in [6.07, 6.45) is 0. The van der Waals surface area contributed by atoms with Gasteiger partial charge in [-0.15, -0.1) is 69.1 Å². The fourth-order valence-electron chi connectivity index (χ4n) is 5.95. The van der Waals surface area contributed by atoms with Crippen LogP contribution in [0, 0.1) is 0 Å². The van der Waals surface area contributed by atoms with Gasteiger partial charge < -0.3 is 24.8 Å². The SMILES string of the molecule is C[Si](C)(C)c1cc(-c2cc3ccccc3[cH-]2)cc([Si](C)(C)C)c1.C[Si](C)(C)c1cc(-c2cc3ccccc3[cH-]2)cc([Si](C)(C)C)c1.[Cl-].[Cl-].[Hf+4]. The first-order chi connectivity index (χ1) is 21.3. The number of hydrogen-bond acceptors (Lipinski definition) is 0. The minimum atomic E-state index is -1.32. The van der Waals surface area contributed by atoms with Crippen LogP contribution in [0.15, 0.2) is 109 Å². The average Bonchev–Trinajstić information content (AvgIpc) is 3.60. The van der Waals surface area contributed by atoms with E-state index in [1.54, 1.807) is 20.7 Å². The molecule has 256 valence electrons. The Balaban J connectivity index is 0.000000321. The molecule has 0 aliphatic carbocycles. The predicted molar refractivity (Wildman–Crippen MR) is 222 cm³/mol. The molecule has 0 fully saturated rings. The summed E-state index contributed by atoms with van der Waals surface area (Å²) in [6, 6.07) is 41.5. The van der Waals surface area contributed by atoms with Crippen molar-refractivity contribution in [2.24, 2.45) is 0 Å². The molecule has 0 aromatic heterocycles. The van der Waals surface area contributed by atoms with E-state index in [0.717, 1.165) is 0 Å². The quantitative estimate of drug-likeness (QED) is 0.169. The van der Waals surface area contributed by atoms with Gasteiger partial charge in [0.2, 0.25) is 0 Å². The molecule has 0 N–H and O–H groups in total. The Morgan fingerprint density at radius 2 is 0.633 bits per heavy atom. The summed E-state index contributed by atoms with van der Waals surface area (Å²) in [7, 11) is -5.30. The zero-order valence-electron chi connectivity index (χ0n) is 31.6. The minimum absolute atomic E-state index is 0. The summed E-state index contributed by atoms with van der Waals surface area (Å²) in [5, 5.41) is 11.7. The number of hydrogen-bond donors (Lipinski definition) is 0. The van der Waals surface area contributed by atoms with E-state index in [4.69, 9.17) is 0 Å². The van der Waals surface area contributed by atoms with Gasteiger partial charge in [0.25, 0.3) is 0 Å². The van der Waals surface area contributed by atoms with Crippen molar-refractivity contribution in [1.29, 1.82) is 0 Å². The maximum absolute atomic E-state index is 2.50. The summed E-state index contributed by atoms with van der Waals surface area (Å²) < 4.78 is 0. The van der Waals surface area contributed by atoms with Gasteiger partial charge in [-0.3, -0.25) is 0 Å². The summed E-state index contributed by atoms with van der Waals surface area (Å²) in [5.74, 6) is 0. The third kappa shape index (κ3) is 10.7. The predicted octanol–water partition coefficient (Wildman–Crippen LogP) is 4.64. The topological polar surface area (TPSA) is 0 Å². The molecule has 0 unspecified atom stereocenters. The van der Waals surface area contributed by atoms with Crippen molar-refractivity contribution in [3.8, 4) is 22.3 Å². The molecule has 6 aromatic carbocycles. The Morgan fingerprint density at radius 1 is 0.367 bits per heavy atom. The number of fused-ring (bicyclic) bond motifs is 2. The van der Waals surface area contributed by atoms with E-state index in [1.165, 1.54) is 43.8 Å². The Labute approximate surface area is 332 Å². The third-order valence-electron chi connectivity index (χ3n) is 9.23. The molecule has 49 heavy (non-hydrogen) atoms. The average molecular weight is 921 g/mol. The Hall–Kier alpha value is -1.58. The number of benzene rings is 4. The van der Waals surface area contributed by atoms with Gasteiger partial charge in [-0.25, -0.2) is 0 Å². The second-order valence-electron chi connectivity index (χ2n) is 17.3. The molecule has 0 bridgehead atoms. The van der Waals surface area contributed by atoms with Gasteiger partial charge >= 0.3 is 25.8 Å². The van der Waals surface area contributed by atoms with Crippen molar-refractivity contribution < 1.29 is 50.7 Å². The normalized spacial score (nSPS) is 12.0. The van der Waals surface area contributed by atoms with Crippen molar-refractivity contribution in [3.05, 3.63) is 109 Å². The van der Waals surface area contributed by atoms with Gasteiger partial charge in [0.1, 0.15) is 0 Å². The number of rotatable bonds is 6. The molecule has 0 spiro atoms. The minimum Gasteiger partial charge on any atom is -1.00 e. The maximum atomic E-state index is 2.50. The zero-order valence-corrected chi connectivity index (χ0v) is 40.8. The van der Waals surface area contributed by atoms with Crippen LogP contribution in [0.1, 0.15) is 0 Å². The fraction of sp³-hybridized carbons (Fsp3) is 0.286. The van der Waals surface area contributed by atoms with Crippen LogP contribution in [0.3, 0.4) is 0 Å². The van der Waals surface area contributed by atoms with Gasteiger partial charge in [0.15, 0.2) is 0 Å². The largest absolute Gasteiger partial charge is 4.00 e. The Kier molecular flexibility index (Phi) is 14.6. The molecule has 0 saturated heterocycles. The van der Waals surface area contributed by atoms with Gasteiger partial charge in [0, 0.05) is 0 Å². The molecule has 6 aromatic rings. The van der Waals surface area contributed by atoms with Gasteiger partial charge in [-0.1, -0.05) is 183 Å². The monoisotopic (exact) mass is 920 g/mol. The van der Waals surface area contributed by atoms with E-state index in [2.05, 4.69) is 188 Å². The van der Waals surface area contributed by atoms with Crippen LogP contribution in [0.4, 0.5) is 0 Å². The molecular formula is C42H54Cl2HfSi4. The van der Waals surface area contributed by atoms with Crippen LogP contribution in [0.25, 0.3) is 43.8 Å². The molecule has 7 heteroatoms. The fourth-order valence-corrected chi connectivity index (χ4v) is 11.0. The first kappa shape index (κ1) is 43.6. The standard InChI is InChI=1S/2C21H27Si2.2ClH.Hf/c2*1-22(2,3)20-13-19(14-21(15-20)23(4,5)6)18-11-16-9-7-8-10-17(16)12-18;;;/h2*7-15H,1-6H3;2*1H;/q2*-1;;;+4/p-2. The summed E-state index contributed by atoms with van der Waals surface area (Å²) >= 11 is 0. The first-order valence-electron chi connectivity index (χ1n) is 16.9. The van der Waals surface area contributed by atoms with Crippen LogP contribution in [0.5, 0.6) is 0 Å². The van der Waals surface area contributed by atoms with Gasteiger partial charge in [0.05, 0.1) is 32.3 Å². The summed E-state index contributed by atoms with van der Waals surface area (Å²) in [4.78, 5) is 0. The first-order valence-corrected chi connectivity index (χ1v) is 30.9. The van der Waals surface area contributed by atoms with E-state index >= 15 is 0 Å². The van der Waals surface area contributed by atoms with E-state index in [1.807, 2.05) is 0 Å². The molecule has 0 nitrogen and oxygen atoms in total. The second kappa shape index (κ2) is 16.4. The van der Waals surface area contributed by atoms with Crippen molar-refractivity contribution in [3.63, 3.8) is 0 Å². The molecule has 0 saturated carbocycles. The van der Waals surface area contributed by atoms with Crippen LogP contribution in [-0.2, 0) is 25.8 Å². The molecule has 0 amide bonds. The second-order valence-corrected chi connectivity index (χ2v) is 37.7. The van der Waals surface area contributed by atoms with Crippen LogP contribution in [-0.4, -0.2) is 32.3 Å². The molecule has 0 radical (unpaired) electrons. The number of halogens is 2. The zero-order chi connectivity index (χ0) is 33.7. The van der Waals surface area contributed by atoms with Gasteiger partial charge in [-0.05, 0) is 0 Å².